The van der Waals surface area contributed by atoms with Crippen molar-refractivity contribution in [1.29, 1.82) is 0 Å². The van der Waals surface area contributed by atoms with Gasteiger partial charge in [0.2, 0.25) is 0 Å². The van der Waals surface area contributed by atoms with Crippen LogP contribution in [0.1, 0.15) is 27.2 Å². The Balaban J connectivity index is 3.53. The van der Waals surface area contributed by atoms with E-state index in [9.17, 15) is 4.79 Å². The lowest BCUT2D eigenvalue weighted by atomic mass is 10.1. The van der Waals surface area contributed by atoms with Gasteiger partial charge in [-0.05, 0) is 20.3 Å². The van der Waals surface area contributed by atoms with Crippen LogP contribution in [0.25, 0.3) is 0 Å². The van der Waals surface area contributed by atoms with E-state index in [0.29, 0.717) is 0 Å². The van der Waals surface area contributed by atoms with Crippen LogP contribution >= 0.6 is 0 Å². The molecule has 0 rings (SSSR count). The SMILES string of the molecule is CCC(C)(C)O[C]=O. The zero-order valence-corrected chi connectivity index (χ0v) is 5.52. The summed E-state index contributed by atoms with van der Waals surface area (Å²) in [6, 6.07) is 0. The van der Waals surface area contributed by atoms with Crippen molar-refractivity contribution < 1.29 is 9.53 Å². The average molecular weight is 115 g/mol. The van der Waals surface area contributed by atoms with Gasteiger partial charge in [-0.3, -0.25) is 0 Å². The van der Waals surface area contributed by atoms with Crippen LogP contribution in [-0.2, 0) is 9.53 Å². The van der Waals surface area contributed by atoms with Crippen molar-refractivity contribution in [2.24, 2.45) is 0 Å². The van der Waals surface area contributed by atoms with Gasteiger partial charge in [0.25, 0.3) is 0 Å². The fourth-order valence-corrected chi connectivity index (χ4v) is 0.185. The highest BCUT2D eigenvalue weighted by molar-refractivity contribution is 5.39. The van der Waals surface area contributed by atoms with Crippen molar-refractivity contribution >= 4 is 6.47 Å². The van der Waals surface area contributed by atoms with Gasteiger partial charge in [0.1, 0.15) is 5.60 Å². The van der Waals surface area contributed by atoms with Crippen LogP contribution < -0.4 is 0 Å². The Morgan fingerprint density at radius 2 is 2.12 bits per heavy atom. The maximum Gasteiger partial charge on any atom is 0.418 e. The van der Waals surface area contributed by atoms with Crippen LogP contribution in [0, 0.1) is 0 Å². The van der Waals surface area contributed by atoms with Crippen molar-refractivity contribution in [3.63, 3.8) is 0 Å². The summed E-state index contributed by atoms with van der Waals surface area (Å²) >= 11 is 0. The first kappa shape index (κ1) is 7.47. The van der Waals surface area contributed by atoms with Gasteiger partial charge < -0.3 is 4.74 Å². The molecular formula is C6H11O2. The second kappa shape index (κ2) is 2.70. The lowest BCUT2D eigenvalue weighted by molar-refractivity contribution is 0.0855. The summed E-state index contributed by atoms with van der Waals surface area (Å²) in [4.78, 5) is 9.63. The van der Waals surface area contributed by atoms with E-state index in [0.717, 1.165) is 6.42 Å². The van der Waals surface area contributed by atoms with Crippen LogP contribution in [0.3, 0.4) is 0 Å². The molecule has 0 bridgehead atoms. The predicted octanol–water partition coefficient (Wildman–Crippen LogP) is 1.26. The molecule has 0 heterocycles. The quantitative estimate of drug-likeness (QED) is 0.553. The molecule has 2 nitrogen and oxygen atoms in total. The van der Waals surface area contributed by atoms with E-state index < -0.39 is 0 Å². The summed E-state index contributed by atoms with van der Waals surface area (Å²) in [5.74, 6) is 0. The number of ether oxygens (including phenoxy) is 1. The van der Waals surface area contributed by atoms with Gasteiger partial charge >= 0.3 is 6.47 Å². The molecule has 0 fully saturated rings. The average Bonchev–Trinajstić information content (AvgIpc) is 1.67. The van der Waals surface area contributed by atoms with Crippen LogP contribution in [0.5, 0.6) is 0 Å². The van der Waals surface area contributed by atoms with E-state index in [1.165, 1.54) is 6.47 Å². The first-order valence-electron chi connectivity index (χ1n) is 2.67. The fraction of sp³-hybridized carbons (Fsp3) is 0.833. The van der Waals surface area contributed by atoms with Gasteiger partial charge in [0.05, 0.1) is 0 Å². The molecule has 0 aliphatic heterocycles. The molecule has 0 N–H and O–H groups in total. The first-order chi connectivity index (χ1) is 3.62. The minimum Gasteiger partial charge on any atom is -0.451 e. The smallest absolute Gasteiger partial charge is 0.418 e. The van der Waals surface area contributed by atoms with Crippen LogP contribution in [0.2, 0.25) is 0 Å². The van der Waals surface area contributed by atoms with E-state index in [4.69, 9.17) is 0 Å². The van der Waals surface area contributed by atoms with Gasteiger partial charge in [-0.25, -0.2) is 4.79 Å². The van der Waals surface area contributed by atoms with E-state index in [1.807, 2.05) is 20.8 Å². The Morgan fingerprint density at radius 3 is 2.25 bits per heavy atom. The Labute approximate surface area is 49.8 Å². The Hall–Kier alpha value is -0.530. The molecule has 0 aromatic heterocycles. The molecule has 0 saturated heterocycles. The van der Waals surface area contributed by atoms with E-state index in [1.54, 1.807) is 0 Å². The lowest BCUT2D eigenvalue weighted by Gasteiger charge is -2.18. The van der Waals surface area contributed by atoms with Crippen molar-refractivity contribution in [1.82, 2.24) is 0 Å². The number of carbonyl (C=O) groups excluding carboxylic acids is 1. The standard InChI is InChI=1S/C6H11O2/c1-4-6(2,3)8-5-7/h4H2,1-3H3. The van der Waals surface area contributed by atoms with Crippen molar-refractivity contribution in [2.75, 3.05) is 0 Å². The van der Waals surface area contributed by atoms with Gasteiger partial charge in [0.15, 0.2) is 0 Å². The van der Waals surface area contributed by atoms with E-state index in [2.05, 4.69) is 4.74 Å². The van der Waals surface area contributed by atoms with Gasteiger partial charge in [-0.1, -0.05) is 6.92 Å². The van der Waals surface area contributed by atoms with Gasteiger partial charge in [-0.15, -0.1) is 0 Å². The number of hydrogen-bond donors (Lipinski definition) is 0. The summed E-state index contributed by atoms with van der Waals surface area (Å²) in [7, 11) is 0. The Bertz CT molecular complexity index is 76.6. The summed E-state index contributed by atoms with van der Waals surface area (Å²) in [6.07, 6.45) is 0.822. The normalized spacial score (nSPS) is 10.9. The van der Waals surface area contributed by atoms with Crippen LogP contribution in [0.15, 0.2) is 0 Å². The summed E-state index contributed by atoms with van der Waals surface area (Å²) in [5, 5.41) is 0. The molecule has 8 heavy (non-hydrogen) atoms. The highest BCUT2D eigenvalue weighted by atomic mass is 16.5. The minimum atomic E-state index is -0.332. The van der Waals surface area contributed by atoms with E-state index >= 15 is 0 Å². The Morgan fingerprint density at radius 1 is 1.62 bits per heavy atom. The van der Waals surface area contributed by atoms with Crippen molar-refractivity contribution in [3.05, 3.63) is 0 Å². The third kappa shape index (κ3) is 2.61. The first-order valence-corrected chi connectivity index (χ1v) is 2.67. The predicted molar refractivity (Wildman–Crippen MR) is 31.1 cm³/mol. The molecule has 1 radical (unpaired) electrons. The molecule has 0 spiro atoms. The van der Waals surface area contributed by atoms with Crippen LogP contribution in [0.4, 0.5) is 0 Å². The monoisotopic (exact) mass is 115 g/mol. The topological polar surface area (TPSA) is 26.3 Å². The second-order valence-corrected chi connectivity index (χ2v) is 2.30. The lowest BCUT2D eigenvalue weighted by Crippen LogP contribution is -2.21. The molecular weight excluding hydrogens is 104 g/mol. The molecule has 0 aromatic rings. The third-order valence-electron chi connectivity index (χ3n) is 1.17. The number of rotatable bonds is 3. The fourth-order valence-electron chi connectivity index (χ4n) is 0.185. The molecule has 0 atom stereocenters. The molecule has 2 heteroatoms. The molecule has 0 amide bonds. The third-order valence-corrected chi connectivity index (χ3v) is 1.17. The zero-order valence-electron chi connectivity index (χ0n) is 5.52. The highest BCUT2D eigenvalue weighted by Crippen LogP contribution is 2.10. The minimum absolute atomic E-state index is 0.332. The molecule has 0 aromatic carbocycles. The van der Waals surface area contributed by atoms with Crippen LogP contribution in [-0.4, -0.2) is 12.1 Å². The molecule has 0 aliphatic carbocycles. The summed E-state index contributed by atoms with van der Waals surface area (Å²) in [6.45, 7) is 7.05. The Kier molecular flexibility index (Phi) is 2.52. The largest absolute Gasteiger partial charge is 0.451 e. The molecule has 0 aliphatic rings. The van der Waals surface area contributed by atoms with Gasteiger partial charge in [-0.2, -0.15) is 0 Å². The van der Waals surface area contributed by atoms with Crippen molar-refractivity contribution in [2.45, 2.75) is 32.8 Å². The van der Waals surface area contributed by atoms with Gasteiger partial charge in [0, 0.05) is 0 Å². The maximum atomic E-state index is 9.63. The molecule has 0 saturated carbocycles. The zero-order chi connectivity index (χ0) is 6.62. The molecule has 47 valence electrons. The highest BCUT2D eigenvalue weighted by Gasteiger charge is 2.14. The summed E-state index contributed by atoms with van der Waals surface area (Å²) < 4.78 is 4.57. The second-order valence-electron chi connectivity index (χ2n) is 2.30. The molecule has 0 unspecified atom stereocenters. The number of hydrogen-bond acceptors (Lipinski definition) is 2. The van der Waals surface area contributed by atoms with E-state index in [-0.39, 0.29) is 5.60 Å². The van der Waals surface area contributed by atoms with Crippen molar-refractivity contribution in [3.8, 4) is 0 Å². The maximum absolute atomic E-state index is 9.63. The summed E-state index contributed by atoms with van der Waals surface area (Å²) in [5.41, 5.74) is -0.332.